The van der Waals surface area contributed by atoms with E-state index in [1.54, 1.807) is 18.3 Å². The summed E-state index contributed by atoms with van der Waals surface area (Å²) in [5.41, 5.74) is 1.60. The van der Waals surface area contributed by atoms with Crippen LogP contribution in [0.1, 0.15) is 13.3 Å². The van der Waals surface area contributed by atoms with Crippen LogP contribution in [-0.4, -0.2) is 20.7 Å². The van der Waals surface area contributed by atoms with Crippen LogP contribution in [0.15, 0.2) is 71.9 Å². The summed E-state index contributed by atoms with van der Waals surface area (Å²) in [6.45, 7) is 0. The van der Waals surface area contributed by atoms with E-state index >= 15 is 0 Å². The fourth-order valence-electron chi connectivity index (χ4n) is 2.07. The van der Waals surface area contributed by atoms with Crippen LogP contribution in [0.25, 0.3) is 0 Å². The zero-order valence-electron chi connectivity index (χ0n) is 11.7. The zero-order valence-corrected chi connectivity index (χ0v) is 12.5. The van der Waals surface area contributed by atoms with Crippen LogP contribution in [0, 0.1) is 5.82 Å². The molecule has 0 N–H and O–H groups in total. The molecular formula is C17H14FNSe. The molecule has 3 heteroatoms. The van der Waals surface area contributed by atoms with E-state index in [1.165, 1.54) is 16.6 Å². The van der Waals surface area contributed by atoms with Gasteiger partial charge in [0.1, 0.15) is 0 Å². The molecule has 2 atom stereocenters. The second-order valence-corrected chi connectivity index (χ2v) is 6.96. The number of hydrogen-bond donors (Lipinski definition) is 0. The summed E-state index contributed by atoms with van der Waals surface area (Å²) in [6, 6.07) is 16.6. The molecule has 0 fully saturated rings. The van der Waals surface area contributed by atoms with E-state index in [0.717, 1.165) is 11.3 Å². The number of aliphatic imine (C=N–C) groups is 1. The van der Waals surface area contributed by atoms with E-state index in [9.17, 15) is 4.39 Å². The predicted octanol–water partition coefficient (Wildman–Crippen LogP) is 3.35. The molecule has 0 aromatic heterocycles. The summed E-state index contributed by atoms with van der Waals surface area (Å²) in [5.74, 6) is -0.266. The molecule has 0 spiro atoms. The summed E-state index contributed by atoms with van der Waals surface area (Å²) in [7, 11) is 0. The van der Waals surface area contributed by atoms with E-state index < -0.39 is 0 Å². The monoisotopic (exact) mass is 332 g/mol. The van der Waals surface area contributed by atoms with Gasteiger partial charge < -0.3 is 0 Å². The van der Waals surface area contributed by atoms with Crippen LogP contribution >= 0.6 is 0 Å². The van der Waals surface area contributed by atoms with Gasteiger partial charge >= 0.3 is 125 Å². The molecule has 0 radical (unpaired) electrons. The molecule has 2 aromatic carbocycles. The number of hydrogen-bond acceptors (Lipinski definition) is 1. The van der Waals surface area contributed by atoms with Crippen molar-refractivity contribution >= 4 is 25.1 Å². The predicted molar refractivity (Wildman–Crippen MR) is 82.3 cm³/mol. The molecule has 3 rings (SSSR count). The Labute approximate surface area is 125 Å². The first-order valence-electron chi connectivity index (χ1n) is 6.96. The van der Waals surface area contributed by atoms with E-state index in [4.69, 9.17) is 1.37 Å². The van der Waals surface area contributed by atoms with Gasteiger partial charge in [0.05, 0.1) is 0 Å². The van der Waals surface area contributed by atoms with Crippen molar-refractivity contribution in [3.63, 3.8) is 0 Å². The minimum atomic E-state index is -0.332. The Bertz CT molecular complexity index is 684. The second-order valence-electron chi connectivity index (χ2n) is 4.41. The van der Waals surface area contributed by atoms with Gasteiger partial charge in [-0.25, -0.2) is 0 Å². The van der Waals surface area contributed by atoms with E-state index in [0.29, 0.717) is 0 Å². The first-order valence-corrected chi connectivity index (χ1v) is 8.23. The van der Waals surface area contributed by atoms with E-state index in [-0.39, 0.29) is 32.0 Å². The van der Waals surface area contributed by atoms with Gasteiger partial charge in [0.15, 0.2) is 0 Å². The number of halogens is 1. The molecule has 0 bridgehead atoms. The van der Waals surface area contributed by atoms with Crippen molar-refractivity contribution in [1.82, 2.24) is 0 Å². The van der Waals surface area contributed by atoms with Crippen molar-refractivity contribution in [1.29, 1.82) is 0 Å². The van der Waals surface area contributed by atoms with Gasteiger partial charge in [0.2, 0.25) is 0 Å². The van der Waals surface area contributed by atoms with Crippen LogP contribution in [0.2, 0.25) is 4.82 Å². The molecule has 100 valence electrons. The van der Waals surface area contributed by atoms with Gasteiger partial charge in [-0.2, -0.15) is 0 Å². The molecule has 2 aromatic rings. The second kappa shape index (κ2) is 6.17. The molecule has 0 saturated heterocycles. The van der Waals surface area contributed by atoms with Crippen molar-refractivity contribution in [3.8, 4) is 0 Å². The van der Waals surface area contributed by atoms with E-state index in [1.807, 2.05) is 24.3 Å². The third-order valence-corrected chi connectivity index (χ3v) is 5.45. The number of allylic oxidation sites excluding steroid dienone is 1. The Balaban J connectivity index is 1.93. The average molecular weight is 331 g/mol. The van der Waals surface area contributed by atoms with Crippen LogP contribution in [-0.2, 0) is 0 Å². The Hall–Kier alpha value is -1.70. The Kier molecular flexibility index (Phi) is 3.72. The molecule has 1 nitrogen and oxygen atoms in total. The summed E-state index contributed by atoms with van der Waals surface area (Å²) in [5, 5.41) is 0. The van der Waals surface area contributed by atoms with Gasteiger partial charge in [0, 0.05) is 0 Å². The Morgan fingerprint density at radius 3 is 2.80 bits per heavy atom. The van der Waals surface area contributed by atoms with Gasteiger partial charge in [-0.05, 0) is 0 Å². The van der Waals surface area contributed by atoms with Crippen LogP contribution < -0.4 is 4.46 Å². The molecule has 1 aliphatic rings. The van der Waals surface area contributed by atoms with Crippen molar-refractivity contribution in [2.75, 3.05) is 0 Å². The normalized spacial score (nSPS) is 22.2. The maximum absolute atomic E-state index is 13.5. The standard InChI is InChI=1S/C17H14FNSe/c18-14-7-4-6-13(12-14)17-16(10-5-11-19-17)20-15-8-2-1-3-9-15/h1-9,11-12,16H,10H2/i10D. The first kappa shape index (κ1) is 12.1. The third kappa shape index (κ3) is 3.06. The molecule has 0 aliphatic carbocycles. The third-order valence-electron chi connectivity index (χ3n) is 2.98. The fraction of sp³-hybridized carbons (Fsp3) is 0.118. The summed E-state index contributed by atoms with van der Waals surface area (Å²) in [4.78, 5) is 4.44. The first-order chi connectivity index (χ1) is 10.2. The zero-order chi connectivity index (χ0) is 14.7. The Morgan fingerprint density at radius 2 is 2.00 bits per heavy atom. The summed E-state index contributed by atoms with van der Waals surface area (Å²) < 4.78 is 23.0. The van der Waals surface area contributed by atoms with Crippen molar-refractivity contribution in [2.24, 2.45) is 4.99 Å². The van der Waals surface area contributed by atoms with Crippen molar-refractivity contribution in [2.45, 2.75) is 11.2 Å². The van der Waals surface area contributed by atoms with Gasteiger partial charge in [0.25, 0.3) is 0 Å². The van der Waals surface area contributed by atoms with Gasteiger partial charge in [-0.3, -0.25) is 0 Å². The van der Waals surface area contributed by atoms with Crippen LogP contribution in [0.3, 0.4) is 0 Å². The maximum atomic E-state index is 13.5. The molecule has 20 heavy (non-hydrogen) atoms. The van der Waals surface area contributed by atoms with Gasteiger partial charge in [-0.15, -0.1) is 0 Å². The quantitative estimate of drug-likeness (QED) is 0.765. The molecule has 0 saturated carbocycles. The topological polar surface area (TPSA) is 12.4 Å². The Morgan fingerprint density at radius 1 is 1.15 bits per heavy atom. The van der Waals surface area contributed by atoms with E-state index in [2.05, 4.69) is 17.1 Å². The van der Waals surface area contributed by atoms with Gasteiger partial charge in [-0.1, -0.05) is 0 Å². The number of rotatable bonds is 3. The molecular weight excluding hydrogens is 316 g/mol. The molecule has 1 aliphatic heterocycles. The average Bonchev–Trinajstić information content (AvgIpc) is 2.50. The summed E-state index contributed by atoms with van der Waals surface area (Å²) >= 11 is 0.0869. The van der Waals surface area contributed by atoms with Crippen molar-refractivity contribution in [3.05, 3.63) is 78.3 Å². The molecule has 1 heterocycles. The fourth-order valence-corrected chi connectivity index (χ4v) is 4.34. The summed E-state index contributed by atoms with van der Waals surface area (Å²) in [6.07, 6.45) is 3.13. The molecule has 2 unspecified atom stereocenters. The van der Waals surface area contributed by atoms with Crippen molar-refractivity contribution < 1.29 is 5.76 Å². The SMILES string of the molecule is [2H]C1C=CN=C(c2cccc(F)c2)C1[Se]c1ccccc1. The van der Waals surface area contributed by atoms with Crippen LogP contribution in [0.5, 0.6) is 0 Å². The number of nitrogens with zero attached hydrogens (tertiary/aromatic N) is 1. The number of benzene rings is 2. The van der Waals surface area contributed by atoms with Crippen LogP contribution in [0.4, 0.5) is 4.39 Å². The minimum absolute atomic E-state index is 0.00620. The molecule has 0 amide bonds.